The zero-order valence-electron chi connectivity index (χ0n) is 12.1. The third-order valence-corrected chi connectivity index (χ3v) is 3.85. The minimum Gasteiger partial charge on any atom is -0.493 e. The summed E-state index contributed by atoms with van der Waals surface area (Å²) in [7, 11) is 1.65. The number of hydrogen-bond donors (Lipinski definition) is 1. The summed E-state index contributed by atoms with van der Waals surface area (Å²) in [5, 5.41) is 4.26. The van der Waals surface area contributed by atoms with Gasteiger partial charge in [-0.15, -0.1) is 11.3 Å². The first-order chi connectivity index (χ1) is 9.80. The van der Waals surface area contributed by atoms with Crippen molar-refractivity contribution in [3.8, 4) is 22.1 Å². The largest absolute Gasteiger partial charge is 0.493 e. The Morgan fingerprint density at radius 2 is 2.15 bits per heavy atom. The lowest BCUT2D eigenvalue weighted by Crippen LogP contribution is -2.10. The number of aromatic nitrogens is 1. The zero-order valence-corrected chi connectivity index (χ0v) is 12.9. The number of benzene rings is 1. The fourth-order valence-corrected chi connectivity index (χ4v) is 2.80. The Balaban J connectivity index is 2.33. The van der Waals surface area contributed by atoms with Crippen molar-refractivity contribution in [1.29, 1.82) is 0 Å². The second kappa shape index (κ2) is 7.26. The number of para-hydroxylation sites is 1. The first kappa shape index (κ1) is 14.8. The summed E-state index contributed by atoms with van der Waals surface area (Å²) < 4.78 is 11.1. The Morgan fingerprint density at radius 1 is 1.30 bits per heavy atom. The van der Waals surface area contributed by atoms with Gasteiger partial charge in [-0.3, -0.25) is 0 Å². The summed E-state index contributed by atoms with van der Waals surface area (Å²) in [5.41, 5.74) is 0.985. The van der Waals surface area contributed by atoms with Crippen LogP contribution in [0.25, 0.3) is 10.6 Å². The van der Waals surface area contributed by atoms with Crippen LogP contribution in [-0.2, 0) is 6.54 Å². The molecular formula is C15H20N2O2S. The molecule has 5 heteroatoms. The van der Waals surface area contributed by atoms with E-state index in [1.54, 1.807) is 18.4 Å². The van der Waals surface area contributed by atoms with Crippen molar-refractivity contribution in [2.45, 2.75) is 20.4 Å². The summed E-state index contributed by atoms with van der Waals surface area (Å²) >= 11 is 1.68. The summed E-state index contributed by atoms with van der Waals surface area (Å²) in [6.45, 7) is 6.47. The van der Waals surface area contributed by atoms with E-state index in [1.165, 1.54) is 4.88 Å². The highest BCUT2D eigenvalue weighted by Gasteiger charge is 2.14. The molecule has 0 unspecified atom stereocenters. The average molecular weight is 292 g/mol. The van der Waals surface area contributed by atoms with Gasteiger partial charge < -0.3 is 14.8 Å². The maximum absolute atomic E-state index is 5.73. The van der Waals surface area contributed by atoms with Gasteiger partial charge in [0.15, 0.2) is 11.5 Å². The van der Waals surface area contributed by atoms with E-state index in [1.807, 2.05) is 31.3 Å². The molecule has 1 heterocycles. The van der Waals surface area contributed by atoms with Crippen LogP contribution in [0.3, 0.4) is 0 Å². The molecule has 0 bridgehead atoms. The molecule has 1 aromatic carbocycles. The second-order valence-electron chi connectivity index (χ2n) is 4.18. The number of thiazole rings is 1. The SMILES string of the molecule is CCNCc1cnc(-c2cccc(OC)c2OCC)s1. The molecule has 0 aliphatic carbocycles. The molecule has 2 rings (SSSR count). The van der Waals surface area contributed by atoms with Gasteiger partial charge >= 0.3 is 0 Å². The number of nitrogens with zero attached hydrogens (tertiary/aromatic N) is 1. The van der Waals surface area contributed by atoms with Crippen LogP contribution >= 0.6 is 11.3 Å². The fourth-order valence-electron chi connectivity index (χ4n) is 1.90. The van der Waals surface area contributed by atoms with Crippen molar-refractivity contribution in [2.75, 3.05) is 20.3 Å². The number of nitrogens with one attached hydrogen (secondary N) is 1. The molecule has 1 N–H and O–H groups in total. The Morgan fingerprint density at radius 3 is 2.85 bits per heavy atom. The third kappa shape index (κ3) is 3.29. The van der Waals surface area contributed by atoms with E-state index in [-0.39, 0.29) is 0 Å². The van der Waals surface area contributed by atoms with Gasteiger partial charge in [0, 0.05) is 17.6 Å². The van der Waals surface area contributed by atoms with Gasteiger partial charge in [0.25, 0.3) is 0 Å². The highest BCUT2D eigenvalue weighted by Crippen LogP contribution is 2.39. The van der Waals surface area contributed by atoms with E-state index < -0.39 is 0 Å². The molecule has 0 aliphatic rings. The minimum atomic E-state index is 0.600. The van der Waals surface area contributed by atoms with Crippen LogP contribution in [0, 0.1) is 0 Å². The quantitative estimate of drug-likeness (QED) is 0.850. The van der Waals surface area contributed by atoms with Crippen LogP contribution in [0.4, 0.5) is 0 Å². The minimum absolute atomic E-state index is 0.600. The standard InChI is InChI=1S/C15H20N2O2S/c1-4-16-9-11-10-17-15(20-11)12-7-6-8-13(18-3)14(12)19-5-2/h6-8,10,16H,4-5,9H2,1-3H3. The first-order valence-corrected chi connectivity index (χ1v) is 7.57. The number of hydrogen-bond acceptors (Lipinski definition) is 5. The Bertz CT molecular complexity index is 555. The molecule has 4 nitrogen and oxygen atoms in total. The normalized spacial score (nSPS) is 10.6. The molecular weight excluding hydrogens is 272 g/mol. The van der Waals surface area contributed by atoms with Crippen LogP contribution in [0.5, 0.6) is 11.5 Å². The molecule has 1 aromatic heterocycles. The maximum Gasteiger partial charge on any atom is 0.171 e. The number of ether oxygens (including phenoxy) is 2. The molecule has 108 valence electrons. The topological polar surface area (TPSA) is 43.4 Å². The lowest BCUT2D eigenvalue weighted by molar-refractivity contribution is 0.312. The van der Waals surface area contributed by atoms with E-state index in [0.29, 0.717) is 6.61 Å². The van der Waals surface area contributed by atoms with Gasteiger partial charge in [-0.2, -0.15) is 0 Å². The van der Waals surface area contributed by atoms with Crippen molar-refractivity contribution in [3.05, 3.63) is 29.3 Å². The van der Waals surface area contributed by atoms with Crippen molar-refractivity contribution in [2.24, 2.45) is 0 Å². The summed E-state index contributed by atoms with van der Waals surface area (Å²) in [5.74, 6) is 1.51. The van der Waals surface area contributed by atoms with Crippen LogP contribution in [0.15, 0.2) is 24.4 Å². The van der Waals surface area contributed by atoms with Gasteiger partial charge in [0.05, 0.1) is 19.3 Å². The molecule has 0 fully saturated rings. The summed E-state index contributed by atoms with van der Waals surface area (Å²) in [6.07, 6.45) is 1.91. The van der Waals surface area contributed by atoms with E-state index in [9.17, 15) is 0 Å². The van der Waals surface area contributed by atoms with E-state index in [4.69, 9.17) is 9.47 Å². The van der Waals surface area contributed by atoms with E-state index in [0.717, 1.165) is 35.2 Å². The summed E-state index contributed by atoms with van der Waals surface area (Å²) in [6, 6.07) is 5.88. The van der Waals surface area contributed by atoms with Crippen LogP contribution < -0.4 is 14.8 Å². The monoisotopic (exact) mass is 292 g/mol. The van der Waals surface area contributed by atoms with Crippen LogP contribution in [-0.4, -0.2) is 25.2 Å². The molecule has 0 amide bonds. The highest BCUT2D eigenvalue weighted by molar-refractivity contribution is 7.15. The van der Waals surface area contributed by atoms with Gasteiger partial charge in [-0.25, -0.2) is 4.98 Å². The van der Waals surface area contributed by atoms with E-state index in [2.05, 4.69) is 17.2 Å². The lowest BCUT2D eigenvalue weighted by atomic mass is 10.2. The van der Waals surface area contributed by atoms with Crippen molar-refractivity contribution >= 4 is 11.3 Å². The Labute approximate surface area is 123 Å². The molecule has 0 spiro atoms. The molecule has 20 heavy (non-hydrogen) atoms. The highest BCUT2D eigenvalue weighted by atomic mass is 32.1. The first-order valence-electron chi connectivity index (χ1n) is 6.75. The van der Waals surface area contributed by atoms with Crippen molar-refractivity contribution in [1.82, 2.24) is 10.3 Å². The Kier molecular flexibility index (Phi) is 5.38. The molecule has 0 saturated carbocycles. The number of methoxy groups -OCH3 is 1. The molecule has 0 saturated heterocycles. The Hall–Kier alpha value is -1.59. The predicted octanol–water partition coefficient (Wildman–Crippen LogP) is 3.33. The number of rotatable bonds is 7. The molecule has 0 aliphatic heterocycles. The second-order valence-corrected chi connectivity index (χ2v) is 5.30. The molecule has 0 atom stereocenters. The molecule has 0 radical (unpaired) electrons. The van der Waals surface area contributed by atoms with E-state index >= 15 is 0 Å². The zero-order chi connectivity index (χ0) is 14.4. The summed E-state index contributed by atoms with van der Waals surface area (Å²) in [4.78, 5) is 5.72. The predicted molar refractivity (Wildman–Crippen MR) is 82.7 cm³/mol. The van der Waals surface area contributed by atoms with Gasteiger partial charge in [-0.05, 0) is 25.6 Å². The van der Waals surface area contributed by atoms with Crippen molar-refractivity contribution < 1.29 is 9.47 Å². The maximum atomic E-state index is 5.73. The fraction of sp³-hybridized carbons (Fsp3) is 0.400. The third-order valence-electron chi connectivity index (χ3n) is 2.82. The lowest BCUT2D eigenvalue weighted by Gasteiger charge is -2.12. The van der Waals surface area contributed by atoms with Crippen LogP contribution in [0.1, 0.15) is 18.7 Å². The smallest absolute Gasteiger partial charge is 0.171 e. The average Bonchev–Trinajstić information content (AvgIpc) is 2.94. The molecule has 2 aromatic rings. The van der Waals surface area contributed by atoms with Gasteiger partial charge in [-0.1, -0.05) is 13.0 Å². The van der Waals surface area contributed by atoms with Crippen LogP contribution in [0.2, 0.25) is 0 Å². The van der Waals surface area contributed by atoms with Crippen molar-refractivity contribution in [3.63, 3.8) is 0 Å². The van der Waals surface area contributed by atoms with Gasteiger partial charge in [0.2, 0.25) is 0 Å². The van der Waals surface area contributed by atoms with Gasteiger partial charge in [0.1, 0.15) is 5.01 Å².